The summed E-state index contributed by atoms with van der Waals surface area (Å²) < 4.78 is 13.1. The number of carbonyl (C=O) groups excluding carboxylic acids is 1. The summed E-state index contributed by atoms with van der Waals surface area (Å²) in [5, 5.41) is 5.89. The van der Waals surface area contributed by atoms with Crippen LogP contribution < -0.4 is 20.9 Å². The lowest BCUT2D eigenvalue weighted by molar-refractivity contribution is 0.135. The van der Waals surface area contributed by atoms with E-state index in [1.165, 1.54) is 0 Å². The van der Waals surface area contributed by atoms with Crippen molar-refractivity contribution >= 4 is 45.9 Å². The molecule has 0 unspecified atom stereocenters. The summed E-state index contributed by atoms with van der Waals surface area (Å²) in [5.41, 5.74) is 3.36. The van der Waals surface area contributed by atoms with Crippen molar-refractivity contribution in [1.29, 1.82) is 0 Å². The second-order valence-corrected chi connectivity index (χ2v) is 9.26. The molecule has 35 heavy (non-hydrogen) atoms. The van der Waals surface area contributed by atoms with Crippen molar-refractivity contribution in [2.45, 2.75) is 37.2 Å². The maximum atomic E-state index is 13.5. The first-order valence-electron chi connectivity index (χ1n) is 11.4. The van der Waals surface area contributed by atoms with E-state index in [-0.39, 0.29) is 29.9 Å². The molecule has 2 N–H and O–H groups in total. The molecule has 1 amide bonds. The summed E-state index contributed by atoms with van der Waals surface area (Å²) in [4.78, 5) is 34.9. The van der Waals surface area contributed by atoms with Gasteiger partial charge in [-0.2, -0.15) is 0 Å². The Balaban J connectivity index is 1.58. The number of methoxy groups -OCH3 is 1. The van der Waals surface area contributed by atoms with Gasteiger partial charge in [0, 0.05) is 21.9 Å². The van der Waals surface area contributed by atoms with Crippen LogP contribution in [0.5, 0.6) is 5.88 Å². The van der Waals surface area contributed by atoms with Crippen molar-refractivity contribution in [2.75, 3.05) is 24.4 Å². The van der Waals surface area contributed by atoms with Gasteiger partial charge in [0.1, 0.15) is 6.61 Å². The number of para-hydroxylation sites is 1. The van der Waals surface area contributed by atoms with Crippen molar-refractivity contribution in [2.24, 2.45) is 5.92 Å². The molecule has 184 valence electrons. The number of hydrogen-bond donors (Lipinski definition) is 2. The highest BCUT2D eigenvalue weighted by atomic mass is 127. The molecular formula is C25H28IN5O4. The number of rotatable bonds is 9. The highest BCUT2D eigenvalue weighted by molar-refractivity contribution is 14.1. The molecule has 3 aromatic rings. The lowest BCUT2D eigenvalue weighted by Gasteiger charge is -2.21. The van der Waals surface area contributed by atoms with Crippen LogP contribution in [-0.2, 0) is 9.16 Å². The van der Waals surface area contributed by atoms with E-state index in [1.807, 2.05) is 38.1 Å². The Morgan fingerprint density at radius 1 is 1.23 bits per heavy atom. The number of halogens is 1. The topological polar surface area (TPSA) is 107 Å². The first kappa shape index (κ1) is 25.0. The maximum Gasteiger partial charge on any atom is 0.411 e. The SMILES string of the molecule is COc1nc(C)c(Nc2nc(CI)cn([C@H](COC(=O)Nc3ccccc3)C3CC3)c2=O)cc1C. The standard InChI is InChI=1S/C25H28IN5O4/c1-15-11-20(16(2)27-23(15)34-3)30-22-24(32)31(13-19(12-26)28-22)21(17-9-10-17)14-35-25(33)29-18-7-5-4-6-8-18/h4-8,11,13,17,21H,9-10,12,14H2,1-3H3,(H,28,30)(H,29,33)/t21-/m1/s1. The lowest BCUT2D eigenvalue weighted by atomic mass is 10.2. The van der Waals surface area contributed by atoms with Crippen LogP contribution in [0.15, 0.2) is 47.4 Å². The van der Waals surface area contributed by atoms with Crippen LogP contribution in [-0.4, -0.2) is 34.3 Å². The van der Waals surface area contributed by atoms with Crippen LogP contribution in [0.1, 0.15) is 35.8 Å². The van der Waals surface area contributed by atoms with E-state index in [0.717, 1.165) is 24.1 Å². The number of carbonyl (C=O) groups is 1. The molecule has 0 aliphatic heterocycles. The van der Waals surface area contributed by atoms with Crippen LogP contribution in [0.3, 0.4) is 0 Å². The number of benzene rings is 1. The second kappa shape index (κ2) is 11.1. The van der Waals surface area contributed by atoms with Gasteiger partial charge in [0.25, 0.3) is 5.56 Å². The number of hydrogen-bond acceptors (Lipinski definition) is 7. The van der Waals surface area contributed by atoms with Gasteiger partial charge in [-0.05, 0) is 50.8 Å². The summed E-state index contributed by atoms with van der Waals surface area (Å²) in [5.74, 6) is 1.02. The molecule has 9 nitrogen and oxygen atoms in total. The number of nitrogens with one attached hydrogen (secondary N) is 2. The zero-order chi connectivity index (χ0) is 24.9. The molecule has 2 aromatic heterocycles. The summed E-state index contributed by atoms with van der Waals surface area (Å²) in [6, 6.07) is 10.7. The van der Waals surface area contributed by atoms with Gasteiger partial charge in [0.05, 0.1) is 30.2 Å². The number of anilines is 3. The Kier molecular flexibility index (Phi) is 7.89. The lowest BCUT2D eigenvalue weighted by Crippen LogP contribution is -2.32. The molecule has 0 saturated heterocycles. The second-order valence-electron chi connectivity index (χ2n) is 8.49. The van der Waals surface area contributed by atoms with Crippen LogP contribution in [0, 0.1) is 19.8 Å². The number of nitrogens with zero attached hydrogens (tertiary/aromatic N) is 3. The molecule has 1 aliphatic rings. The highest BCUT2D eigenvalue weighted by Gasteiger charge is 2.35. The third-order valence-corrected chi connectivity index (χ3v) is 6.63. The van der Waals surface area contributed by atoms with E-state index in [2.05, 4.69) is 43.2 Å². The average molecular weight is 589 g/mol. The van der Waals surface area contributed by atoms with Crippen LogP contribution in [0.25, 0.3) is 0 Å². The fourth-order valence-corrected chi connectivity index (χ4v) is 4.23. The minimum Gasteiger partial charge on any atom is -0.481 e. The van der Waals surface area contributed by atoms with E-state index >= 15 is 0 Å². The molecular weight excluding hydrogens is 561 g/mol. The minimum atomic E-state index is -0.549. The predicted molar refractivity (Wildman–Crippen MR) is 143 cm³/mol. The van der Waals surface area contributed by atoms with Crippen molar-refractivity contribution < 1.29 is 14.3 Å². The molecule has 2 heterocycles. The van der Waals surface area contributed by atoms with E-state index in [1.54, 1.807) is 30.0 Å². The van der Waals surface area contributed by atoms with Crippen molar-refractivity contribution in [3.8, 4) is 5.88 Å². The Bertz CT molecular complexity index is 1260. The summed E-state index contributed by atoms with van der Waals surface area (Å²) in [6.45, 7) is 3.83. The van der Waals surface area contributed by atoms with E-state index in [4.69, 9.17) is 9.47 Å². The van der Waals surface area contributed by atoms with Crippen LogP contribution in [0.2, 0.25) is 0 Å². The molecule has 4 rings (SSSR count). The first-order valence-corrected chi connectivity index (χ1v) is 12.9. The fraction of sp³-hybridized carbons (Fsp3) is 0.360. The smallest absolute Gasteiger partial charge is 0.411 e. The fourth-order valence-electron chi connectivity index (χ4n) is 3.86. The molecule has 1 aliphatic carbocycles. The minimum absolute atomic E-state index is 0.0929. The quantitative estimate of drug-likeness (QED) is 0.263. The van der Waals surface area contributed by atoms with Crippen molar-refractivity contribution in [3.63, 3.8) is 0 Å². The monoisotopic (exact) mass is 589 g/mol. The molecule has 1 atom stereocenters. The largest absolute Gasteiger partial charge is 0.481 e. The first-order chi connectivity index (χ1) is 16.9. The van der Waals surface area contributed by atoms with Gasteiger partial charge in [0.2, 0.25) is 5.88 Å². The number of aryl methyl sites for hydroxylation is 2. The predicted octanol–water partition coefficient (Wildman–Crippen LogP) is 5.14. The van der Waals surface area contributed by atoms with Crippen LogP contribution >= 0.6 is 22.6 Å². The van der Waals surface area contributed by atoms with Crippen LogP contribution in [0.4, 0.5) is 22.0 Å². The Morgan fingerprint density at radius 3 is 2.63 bits per heavy atom. The van der Waals surface area contributed by atoms with Gasteiger partial charge in [-0.15, -0.1) is 0 Å². The molecule has 10 heteroatoms. The molecule has 0 bridgehead atoms. The van der Waals surface area contributed by atoms with Gasteiger partial charge in [-0.25, -0.2) is 14.8 Å². The number of aromatic nitrogens is 3. The van der Waals surface area contributed by atoms with E-state index in [9.17, 15) is 9.59 Å². The molecule has 0 spiro atoms. The van der Waals surface area contributed by atoms with Crippen molar-refractivity contribution in [3.05, 3.63) is 69.9 Å². The Morgan fingerprint density at radius 2 is 1.97 bits per heavy atom. The zero-order valence-electron chi connectivity index (χ0n) is 19.9. The van der Waals surface area contributed by atoms with Crippen molar-refractivity contribution in [1.82, 2.24) is 14.5 Å². The number of pyridine rings is 1. The van der Waals surface area contributed by atoms with Gasteiger partial charge in [-0.1, -0.05) is 40.8 Å². The average Bonchev–Trinajstić information content (AvgIpc) is 3.69. The molecule has 1 aromatic carbocycles. The summed E-state index contributed by atoms with van der Waals surface area (Å²) in [6.07, 6.45) is 3.18. The van der Waals surface area contributed by atoms with Gasteiger partial charge in [0.15, 0.2) is 5.82 Å². The summed E-state index contributed by atoms with van der Waals surface area (Å²) in [7, 11) is 1.58. The number of alkyl halides is 1. The van der Waals surface area contributed by atoms with E-state index < -0.39 is 6.09 Å². The zero-order valence-corrected chi connectivity index (χ0v) is 22.0. The number of amides is 1. The Labute approximate surface area is 217 Å². The molecule has 1 fully saturated rings. The third-order valence-electron chi connectivity index (χ3n) is 5.85. The van der Waals surface area contributed by atoms with E-state index in [0.29, 0.717) is 27.4 Å². The molecule has 1 saturated carbocycles. The normalized spacial score (nSPS) is 13.7. The molecule has 0 radical (unpaired) electrons. The number of ether oxygens (including phenoxy) is 2. The third kappa shape index (κ3) is 6.11. The van der Waals surface area contributed by atoms with Gasteiger partial charge in [-0.3, -0.25) is 10.1 Å². The van der Waals surface area contributed by atoms with Gasteiger partial charge < -0.3 is 19.4 Å². The maximum absolute atomic E-state index is 13.5. The summed E-state index contributed by atoms with van der Waals surface area (Å²) >= 11 is 2.22. The Hall–Kier alpha value is -3.15. The van der Waals surface area contributed by atoms with Gasteiger partial charge >= 0.3 is 6.09 Å². The highest BCUT2D eigenvalue weighted by Crippen LogP contribution is 2.39.